The molecule has 0 unspecified atom stereocenters. The summed E-state index contributed by atoms with van der Waals surface area (Å²) in [5.74, 6) is -1.84. The van der Waals surface area contributed by atoms with Crippen LogP contribution in [0.3, 0.4) is 0 Å². The van der Waals surface area contributed by atoms with Gasteiger partial charge < -0.3 is 24.8 Å². The van der Waals surface area contributed by atoms with Crippen LogP contribution in [0.25, 0.3) is 0 Å². The summed E-state index contributed by atoms with van der Waals surface area (Å²) in [5.41, 5.74) is 0.288. The van der Waals surface area contributed by atoms with E-state index in [0.29, 0.717) is 18.2 Å². The largest absolute Gasteiger partial charge is 0.465 e. The van der Waals surface area contributed by atoms with Crippen LogP contribution in [0, 0.1) is 0 Å². The molecule has 1 fully saturated rings. The maximum atomic E-state index is 12.5. The quantitative estimate of drug-likeness (QED) is 0.538. The first-order valence-corrected chi connectivity index (χ1v) is 10.1. The second-order valence-electron chi connectivity index (χ2n) is 6.02. The van der Waals surface area contributed by atoms with Crippen LogP contribution in [0.1, 0.15) is 24.2 Å². The standard InChI is InChI=1S/C18H25N3O7S/c1-3-27-15(23)9-19-16(24)13-11-26-7-6-21(13)10-14(22)20-17-12(5-8-29-17)18(25)28-4-2/h5,8,13H,3-4,6-7,9-11H2,1-2H3,(H,19,24)(H,20,22)/t13-/m0/s1. The predicted molar refractivity (Wildman–Crippen MR) is 105 cm³/mol. The fourth-order valence-corrected chi connectivity index (χ4v) is 3.48. The Labute approximate surface area is 172 Å². The Morgan fingerprint density at radius 1 is 1.24 bits per heavy atom. The molecule has 1 aliphatic heterocycles. The second-order valence-corrected chi connectivity index (χ2v) is 6.93. The van der Waals surface area contributed by atoms with Crippen molar-refractivity contribution in [2.45, 2.75) is 19.9 Å². The van der Waals surface area contributed by atoms with Crippen molar-refractivity contribution in [1.82, 2.24) is 10.2 Å². The summed E-state index contributed by atoms with van der Waals surface area (Å²) in [7, 11) is 0. The molecule has 160 valence electrons. The molecule has 1 saturated heterocycles. The number of hydrogen-bond donors (Lipinski definition) is 2. The van der Waals surface area contributed by atoms with Gasteiger partial charge in [0.2, 0.25) is 11.8 Å². The Morgan fingerprint density at radius 2 is 2.00 bits per heavy atom. The molecule has 1 atom stereocenters. The van der Waals surface area contributed by atoms with Gasteiger partial charge in [0.05, 0.1) is 38.5 Å². The number of esters is 2. The zero-order valence-electron chi connectivity index (χ0n) is 16.4. The second kappa shape index (κ2) is 11.5. The molecule has 0 aromatic carbocycles. The third-order valence-corrected chi connectivity index (χ3v) is 4.84. The maximum Gasteiger partial charge on any atom is 0.341 e. The molecule has 11 heteroatoms. The van der Waals surface area contributed by atoms with Gasteiger partial charge in [0, 0.05) is 6.54 Å². The van der Waals surface area contributed by atoms with E-state index in [1.165, 1.54) is 11.3 Å². The molecular formula is C18H25N3O7S. The normalized spacial score (nSPS) is 16.7. The lowest BCUT2D eigenvalue weighted by molar-refractivity contribution is -0.145. The molecule has 1 aliphatic rings. The molecule has 0 radical (unpaired) electrons. The number of hydrogen-bond acceptors (Lipinski definition) is 9. The van der Waals surface area contributed by atoms with Gasteiger partial charge >= 0.3 is 11.9 Å². The lowest BCUT2D eigenvalue weighted by Crippen LogP contribution is -2.56. The molecule has 10 nitrogen and oxygen atoms in total. The lowest BCUT2D eigenvalue weighted by atomic mass is 10.2. The fraction of sp³-hybridized carbons (Fsp3) is 0.556. The van der Waals surface area contributed by atoms with Gasteiger partial charge in [0.25, 0.3) is 0 Å². The van der Waals surface area contributed by atoms with E-state index in [4.69, 9.17) is 14.2 Å². The number of amides is 2. The molecule has 29 heavy (non-hydrogen) atoms. The molecule has 0 saturated carbocycles. The minimum atomic E-state index is -0.711. The SMILES string of the molecule is CCOC(=O)CNC(=O)[C@@H]1COCCN1CC(=O)Nc1sccc1C(=O)OCC. The number of carbonyl (C=O) groups is 4. The van der Waals surface area contributed by atoms with Gasteiger partial charge in [-0.15, -0.1) is 11.3 Å². The highest BCUT2D eigenvalue weighted by Gasteiger charge is 2.31. The van der Waals surface area contributed by atoms with E-state index in [0.717, 1.165) is 0 Å². The molecule has 2 rings (SSSR count). The number of anilines is 1. The van der Waals surface area contributed by atoms with Crippen LogP contribution in [-0.2, 0) is 28.6 Å². The third-order valence-electron chi connectivity index (χ3n) is 4.01. The van der Waals surface area contributed by atoms with Crippen molar-refractivity contribution >= 4 is 40.1 Å². The average molecular weight is 427 g/mol. The Balaban J connectivity index is 1.93. The van der Waals surface area contributed by atoms with Crippen LogP contribution in [0.2, 0.25) is 0 Å². The molecular weight excluding hydrogens is 402 g/mol. The van der Waals surface area contributed by atoms with Crippen LogP contribution in [0.4, 0.5) is 5.00 Å². The van der Waals surface area contributed by atoms with Crippen LogP contribution in [-0.4, -0.2) is 80.8 Å². The summed E-state index contributed by atoms with van der Waals surface area (Å²) in [6.07, 6.45) is 0. The minimum Gasteiger partial charge on any atom is -0.465 e. The summed E-state index contributed by atoms with van der Waals surface area (Å²) in [6.45, 7) is 4.38. The van der Waals surface area contributed by atoms with Gasteiger partial charge in [0.1, 0.15) is 17.6 Å². The van der Waals surface area contributed by atoms with E-state index in [1.54, 1.807) is 30.2 Å². The summed E-state index contributed by atoms with van der Waals surface area (Å²) >= 11 is 1.21. The molecule has 2 heterocycles. The van der Waals surface area contributed by atoms with Crippen molar-refractivity contribution in [3.8, 4) is 0 Å². The van der Waals surface area contributed by atoms with E-state index in [9.17, 15) is 19.2 Å². The Morgan fingerprint density at radius 3 is 2.72 bits per heavy atom. The first kappa shape index (κ1) is 22.8. The number of morpholine rings is 1. The van der Waals surface area contributed by atoms with Crippen molar-refractivity contribution in [3.63, 3.8) is 0 Å². The average Bonchev–Trinajstić information content (AvgIpc) is 3.15. The van der Waals surface area contributed by atoms with Crippen molar-refractivity contribution in [2.75, 3.05) is 51.4 Å². The van der Waals surface area contributed by atoms with Crippen LogP contribution < -0.4 is 10.6 Å². The lowest BCUT2D eigenvalue weighted by Gasteiger charge is -2.33. The smallest absolute Gasteiger partial charge is 0.341 e. The number of nitrogens with zero attached hydrogens (tertiary/aromatic N) is 1. The highest BCUT2D eigenvalue weighted by molar-refractivity contribution is 7.14. The first-order valence-electron chi connectivity index (χ1n) is 9.25. The van der Waals surface area contributed by atoms with E-state index >= 15 is 0 Å². The van der Waals surface area contributed by atoms with Crippen molar-refractivity contribution in [3.05, 3.63) is 17.0 Å². The molecule has 0 aliphatic carbocycles. The molecule has 2 N–H and O–H groups in total. The number of ether oxygens (including phenoxy) is 3. The van der Waals surface area contributed by atoms with Gasteiger partial charge in [0.15, 0.2) is 0 Å². The van der Waals surface area contributed by atoms with Crippen LogP contribution in [0.15, 0.2) is 11.4 Å². The van der Waals surface area contributed by atoms with Gasteiger partial charge in [-0.25, -0.2) is 4.79 Å². The Kier molecular flexibility index (Phi) is 9.03. The Bertz CT molecular complexity index is 737. The zero-order chi connectivity index (χ0) is 21.2. The van der Waals surface area contributed by atoms with Crippen molar-refractivity contribution < 1.29 is 33.4 Å². The van der Waals surface area contributed by atoms with E-state index in [-0.39, 0.29) is 44.4 Å². The number of nitrogens with one attached hydrogen (secondary N) is 2. The van der Waals surface area contributed by atoms with E-state index < -0.39 is 23.9 Å². The monoisotopic (exact) mass is 427 g/mol. The highest BCUT2D eigenvalue weighted by Crippen LogP contribution is 2.24. The first-order chi connectivity index (χ1) is 14.0. The number of carbonyl (C=O) groups excluding carboxylic acids is 4. The summed E-state index contributed by atoms with van der Waals surface area (Å²) < 4.78 is 15.1. The highest BCUT2D eigenvalue weighted by atomic mass is 32.1. The molecule has 1 aromatic heterocycles. The number of rotatable bonds is 9. The predicted octanol–water partition coefficient (Wildman–Crippen LogP) is 0.243. The van der Waals surface area contributed by atoms with Gasteiger partial charge in [-0.3, -0.25) is 19.3 Å². The minimum absolute atomic E-state index is 0.0684. The van der Waals surface area contributed by atoms with Crippen LogP contribution in [0.5, 0.6) is 0 Å². The van der Waals surface area contributed by atoms with Gasteiger partial charge in [-0.2, -0.15) is 0 Å². The number of thiophene rings is 1. The Hall–Kier alpha value is -2.50. The maximum absolute atomic E-state index is 12.5. The van der Waals surface area contributed by atoms with E-state index in [1.807, 2.05) is 0 Å². The third kappa shape index (κ3) is 6.80. The fourth-order valence-electron chi connectivity index (χ4n) is 2.68. The van der Waals surface area contributed by atoms with Gasteiger partial charge in [-0.1, -0.05) is 0 Å². The summed E-state index contributed by atoms with van der Waals surface area (Å²) in [5, 5.41) is 7.27. The van der Waals surface area contributed by atoms with Gasteiger partial charge in [-0.05, 0) is 25.3 Å². The molecule has 0 spiro atoms. The van der Waals surface area contributed by atoms with E-state index in [2.05, 4.69) is 10.6 Å². The summed E-state index contributed by atoms with van der Waals surface area (Å²) in [4.78, 5) is 49.9. The molecule has 0 bridgehead atoms. The molecule has 1 aromatic rings. The zero-order valence-corrected chi connectivity index (χ0v) is 17.2. The topological polar surface area (TPSA) is 123 Å². The molecule has 2 amide bonds. The van der Waals surface area contributed by atoms with Crippen LogP contribution >= 0.6 is 11.3 Å². The summed E-state index contributed by atoms with van der Waals surface area (Å²) in [6, 6.07) is 0.871. The van der Waals surface area contributed by atoms with Crippen molar-refractivity contribution in [2.24, 2.45) is 0 Å². The van der Waals surface area contributed by atoms with Crippen molar-refractivity contribution in [1.29, 1.82) is 0 Å².